The highest BCUT2D eigenvalue weighted by atomic mass is 32.2. The number of fused-ring (bicyclic) bond motifs is 2. The number of anilines is 1. The molecule has 5 rings (SSSR count). The summed E-state index contributed by atoms with van der Waals surface area (Å²) in [5, 5.41) is 13.6. The molecule has 16 heteroatoms. The first kappa shape index (κ1) is 40.6. The largest absolute Gasteiger partial charge is 0.497 e. The number of amides is 1. The predicted octanol–water partition coefficient (Wildman–Crippen LogP) is 6.63. The molecule has 1 aromatic carbocycles. The van der Waals surface area contributed by atoms with Gasteiger partial charge in [0, 0.05) is 18.3 Å². The minimum atomic E-state index is -3.12. The molecule has 0 radical (unpaired) electrons. The molecule has 3 N–H and O–H groups in total. The predicted molar refractivity (Wildman–Crippen MR) is 208 cm³/mol. The van der Waals surface area contributed by atoms with E-state index in [1.54, 1.807) is 43.6 Å². The van der Waals surface area contributed by atoms with Gasteiger partial charge in [0.1, 0.15) is 11.9 Å². The molecule has 2 aromatic heterocycles. The molecule has 1 amide bonds. The van der Waals surface area contributed by atoms with E-state index in [-0.39, 0.29) is 70.7 Å². The Hall–Kier alpha value is -2.58. The second-order valence-corrected chi connectivity index (χ2v) is 25.7. The Morgan fingerprint density at radius 2 is 1.69 bits per heavy atom. The number of aromatic amines is 1. The quantitative estimate of drug-likeness (QED) is 0.160. The average molecular weight is 776 g/mol. The lowest BCUT2D eigenvalue weighted by molar-refractivity contribution is -0.118. The van der Waals surface area contributed by atoms with Crippen LogP contribution >= 0.6 is 11.8 Å². The first-order chi connectivity index (χ1) is 24.5. The number of nitrogens with one attached hydrogen (secondary N) is 2. The molecule has 0 spiro atoms. The molecule has 2 aliphatic rings. The van der Waals surface area contributed by atoms with Gasteiger partial charge in [-0.1, -0.05) is 81.4 Å². The van der Waals surface area contributed by atoms with Gasteiger partial charge < -0.3 is 27.5 Å². The van der Waals surface area contributed by atoms with E-state index in [1.807, 2.05) is 24.3 Å². The number of rotatable bonds is 13. The van der Waals surface area contributed by atoms with Crippen LogP contribution in [0.1, 0.15) is 87.4 Å². The molecule has 288 valence electrons. The molecule has 4 atom stereocenters. The molecule has 2 fully saturated rings. The van der Waals surface area contributed by atoms with Gasteiger partial charge in [0.15, 0.2) is 17.4 Å². The van der Waals surface area contributed by atoms with Crippen LogP contribution in [0.15, 0.2) is 35.4 Å². The fraction of sp³-hybridized carbons (Fsp3) is 0.667. The summed E-state index contributed by atoms with van der Waals surface area (Å²) in [6.07, 6.45) is -0.0733. The monoisotopic (exact) mass is 775 g/mol. The number of hydrogen-bond donors (Lipinski definition) is 3. The van der Waals surface area contributed by atoms with Gasteiger partial charge in [-0.15, -0.1) is 11.8 Å². The number of nitrogens with zero attached hydrogens (tertiary/aromatic N) is 3. The van der Waals surface area contributed by atoms with Crippen LogP contribution in [-0.4, -0.2) is 84.9 Å². The maximum Gasteiger partial charge on any atom is 0.335 e. The van der Waals surface area contributed by atoms with Crippen LogP contribution in [0.5, 0.6) is 5.75 Å². The third kappa shape index (κ3) is 7.41. The number of aromatic nitrogens is 4. The van der Waals surface area contributed by atoms with Gasteiger partial charge in [-0.05, 0) is 46.3 Å². The van der Waals surface area contributed by atoms with Crippen molar-refractivity contribution >= 4 is 51.9 Å². The third-order valence-corrected chi connectivity index (χ3v) is 22.4. The smallest absolute Gasteiger partial charge is 0.335 e. The molecule has 4 heterocycles. The minimum Gasteiger partial charge on any atom is -0.497 e. The molecule has 2 aliphatic heterocycles. The van der Waals surface area contributed by atoms with Crippen LogP contribution in [0.3, 0.4) is 0 Å². The van der Waals surface area contributed by atoms with E-state index >= 15 is 0 Å². The van der Waals surface area contributed by atoms with Crippen LogP contribution in [0.4, 0.5) is 5.95 Å². The van der Waals surface area contributed by atoms with Crippen molar-refractivity contribution in [3.8, 4) is 5.75 Å². The Kier molecular flexibility index (Phi) is 12.5. The number of thioether (sulfide) groups is 1. The number of methoxy groups -OCH3 is 1. The fourth-order valence-electron chi connectivity index (χ4n) is 7.56. The van der Waals surface area contributed by atoms with Crippen molar-refractivity contribution in [3.05, 3.63) is 46.5 Å². The van der Waals surface area contributed by atoms with Crippen molar-refractivity contribution < 1.29 is 32.3 Å². The Morgan fingerprint density at radius 1 is 1.06 bits per heavy atom. The zero-order valence-corrected chi connectivity index (χ0v) is 35.2. The number of aliphatic hydroxyl groups is 1. The summed E-state index contributed by atoms with van der Waals surface area (Å²) < 4.78 is 35.7. The van der Waals surface area contributed by atoms with Gasteiger partial charge in [0.25, 0.3) is 5.56 Å². The number of ether oxygens (including phenoxy) is 2. The van der Waals surface area contributed by atoms with Gasteiger partial charge in [-0.2, -0.15) is 4.98 Å². The van der Waals surface area contributed by atoms with Crippen LogP contribution in [-0.2, 0) is 28.3 Å². The zero-order valence-electron chi connectivity index (χ0n) is 32.4. The molecule has 0 saturated carbocycles. The van der Waals surface area contributed by atoms with Gasteiger partial charge in [-0.25, -0.2) is 4.98 Å². The SMILES string of the molecule is COc1ccc(CS[C@]2(CCO)[C@@H]3O[Si](C(C)C)(C(C)C)O[Si](C(C)C)(C(C)C)OC[C@H]3O[C@H]2n2cnc3c(=O)[nH]c(NC(=O)C(C)C)nc32)cc1. The van der Waals surface area contributed by atoms with E-state index in [2.05, 4.69) is 70.7 Å². The van der Waals surface area contributed by atoms with Crippen molar-refractivity contribution in [2.45, 2.75) is 127 Å². The minimum absolute atomic E-state index is 0.0179. The summed E-state index contributed by atoms with van der Waals surface area (Å²) in [7, 11) is -4.37. The summed E-state index contributed by atoms with van der Waals surface area (Å²) in [4.78, 5) is 37.8. The normalized spacial score (nSPS) is 24.5. The summed E-state index contributed by atoms with van der Waals surface area (Å²) >= 11 is 1.64. The van der Waals surface area contributed by atoms with E-state index in [9.17, 15) is 14.7 Å². The number of benzene rings is 1. The van der Waals surface area contributed by atoms with E-state index in [1.165, 1.54) is 0 Å². The van der Waals surface area contributed by atoms with Crippen molar-refractivity contribution in [2.75, 3.05) is 25.6 Å². The number of imidazole rings is 1. The lowest BCUT2D eigenvalue weighted by atomic mass is 9.95. The second kappa shape index (κ2) is 16.0. The Morgan fingerprint density at radius 3 is 2.25 bits per heavy atom. The van der Waals surface area contributed by atoms with Crippen molar-refractivity contribution in [1.82, 2.24) is 19.5 Å². The Labute approximate surface area is 313 Å². The van der Waals surface area contributed by atoms with Gasteiger partial charge in [0.05, 0.1) is 30.9 Å². The summed E-state index contributed by atoms with van der Waals surface area (Å²) in [6.45, 7) is 21.0. The van der Waals surface area contributed by atoms with Crippen LogP contribution < -0.4 is 15.6 Å². The number of aliphatic hydroxyl groups excluding tert-OH is 1. The van der Waals surface area contributed by atoms with Crippen molar-refractivity contribution in [1.29, 1.82) is 0 Å². The molecule has 13 nitrogen and oxygen atoms in total. The third-order valence-electron chi connectivity index (χ3n) is 10.5. The lowest BCUT2D eigenvalue weighted by Crippen LogP contribution is -2.66. The highest BCUT2D eigenvalue weighted by molar-refractivity contribution is 8.00. The molecule has 2 saturated heterocycles. The molecule has 0 unspecified atom stereocenters. The van der Waals surface area contributed by atoms with Crippen LogP contribution in [0, 0.1) is 5.92 Å². The average Bonchev–Trinajstić information content (AvgIpc) is 3.62. The topological polar surface area (TPSA) is 159 Å². The van der Waals surface area contributed by atoms with E-state index in [0.29, 0.717) is 5.75 Å². The van der Waals surface area contributed by atoms with Crippen LogP contribution in [0.25, 0.3) is 11.2 Å². The Balaban J connectivity index is 1.72. The lowest BCUT2D eigenvalue weighted by Gasteiger charge is -2.52. The zero-order chi connectivity index (χ0) is 38.2. The first-order valence-corrected chi connectivity index (χ1v) is 23.3. The maximum atomic E-state index is 13.3. The van der Waals surface area contributed by atoms with Crippen LogP contribution in [0.2, 0.25) is 22.2 Å². The van der Waals surface area contributed by atoms with E-state index < -0.39 is 45.9 Å². The standard InChI is InChI=1S/C36H57N5O8SSi2/c1-21(2)32(43)39-35-38-31-29(33(44)40-35)37-20-41(31)34-36(16-17-42,50-19-26-12-14-27(45-11)15-13-26)30-28(47-34)18-46-51(22(3)4,23(5)6)49-52(48-30,24(7)8)25(9)10/h12-15,20-25,28,30,34,42H,16-19H2,1-11H3,(H2,38,39,40,43,44)/t28-,30-,34-,36-/m1/s1. The molecular formula is C36H57N5O8SSi2. The summed E-state index contributed by atoms with van der Waals surface area (Å²) in [5.41, 5.74) is 1.34. The molecule has 3 aromatic rings. The van der Waals surface area contributed by atoms with E-state index in [4.69, 9.17) is 27.4 Å². The Bertz CT molecular complexity index is 1730. The fourth-order valence-corrected chi connectivity index (χ4v) is 20.4. The van der Waals surface area contributed by atoms with Crippen molar-refractivity contribution in [2.24, 2.45) is 5.92 Å². The number of H-pyrrole nitrogens is 1. The maximum absolute atomic E-state index is 13.3. The molecule has 0 aliphatic carbocycles. The van der Waals surface area contributed by atoms with Crippen molar-refractivity contribution in [3.63, 3.8) is 0 Å². The van der Waals surface area contributed by atoms with E-state index in [0.717, 1.165) is 11.3 Å². The van der Waals surface area contributed by atoms with Gasteiger partial charge >= 0.3 is 17.1 Å². The molecule has 52 heavy (non-hydrogen) atoms. The van der Waals surface area contributed by atoms with Gasteiger partial charge in [-0.3, -0.25) is 24.5 Å². The highest BCUT2D eigenvalue weighted by Gasteiger charge is 2.66. The summed E-state index contributed by atoms with van der Waals surface area (Å²) in [6, 6.07) is 7.90. The molecule has 0 bridgehead atoms. The first-order valence-electron chi connectivity index (χ1n) is 18.4. The second-order valence-electron chi connectivity index (χ2n) is 15.5. The number of carbonyl (C=O) groups is 1. The van der Waals surface area contributed by atoms with Gasteiger partial charge in [0.2, 0.25) is 11.9 Å². The number of hydrogen-bond acceptors (Lipinski definition) is 11. The molecular weight excluding hydrogens is 719 g/mol. The highest BCUT2D eigenvalue weighted by Crippen LogP contribution is 2.57. The summed E-state index contributed by atoms with van der Waals surface area (Å²) in [5.74, 6) is 0.719. The number of carbonyl (C=O) groups excluding carboxylic acids is 1.